The summed E-state index contributed by atoms with van der Waals surface area (Å²) in [6, 6.07) is 0. The summed E-state index contributed by atoms with van der Waals surface area (Å²) in [7, 11) is 3.05. The van der Waals surface area contributed by atoms with E-state index in [1.165, 1.54) is 20.0 Å². The molecule has 1 aliphatic carbocycles. The van der Waals surface area contributed by atoms with E-state index in [-0.39, 0.29) is 18.2 Å². The highest BCUT2D eigenvalue weighted by Crippen LogP contribution is 2.41. The van der Waals surface area contributed by atoms with Crippen molar-refractivity contribution in [3.63, 3.8) is 0 Å². The van der Waals surface area contributed by atoms with Gasteiger partial charge in [0.2, 0.25) is 0 Å². The van der Waals surface area contributed by atoms with E-state index in [4.69, 9.17) is 18.9 Å². The fraction of sp³-hybridized carbons (Fsp3) is 0.870. The maximum absolute atomic E-state index is 11.2. The highest BCUT2D eigenvalue weighted by atomic mass is 16.8. The van der Waals surface area contributed by atoms with Crippen molar-refractivity contribution in [2.24, 2.45) is 0 Å². The van der Waals surface area contributed by atoms with Crippen molar-refractivity contribution in [3.05, 3.63) is 12.2 Å². The van der Waals surface area contributed by atoms with Gasteiger partial charge in [0, 0.05) is 32.8 Å². The van der Waals surface area contributed by atoms with Gasteiger partial charge in [-0.15, -0.1) is 0 Å². The first-order valence-corrected chi connectivity index (χ1v) is 11.1. The Morgan fingerprint density at radius 1 is 1.14 bits per heavy atom. The van der Waals surface area contributed by atoms with Gasteiger partial charge < -0.3 is 23.7 Å². The molecule has 1 heterocycles. The van der Waals surface area contributed by atoms with E-state index in [9.17, 15) is 4.79 Å². The summed E-state index contributed by atoms with van der Waals surface area (Å²) in [6.45, 7) is 8.58. The van der Waals surface area contributed by atoms with Gasteiger partial charge in [0.05, 0.1) is 19.8 Å². The van der Waals surface area contributed by atoms with E-state index in [0.717, 1.165) is 32.1 Å². The molecule has 6 nitrogen and oxygen atoms in total. The van der Waals surface area contributed by atoms with Crippen LogP contribution in [0.4, 0.5) is 0 Å². The minimum Gasteiger partial charge on any atom is -0.469 e. The van der Waals surface area contributed by atoms with E-state index >= 15 is 0 Å². The van der Waals surface area contributed by atoms with Gasteiger partial charge in [-0.25, -0.2) is 0 Å². The number of carbonyl (C=O) groups is 1. The molecule has 2 atom stereocenters. The Kier molecular flexibility index (Phi) is 12.0. The first kappa shape index (κ1) is 26.1. The van der Waals surface area contributed by atoms with Gasteiger partial charge >= 0.3 is 5.97 Å². The second kappa shape index (κ2) is 13.4. The van der Waals surface area contributed by atoms with Crippen LogP contribution < -0.4 is 0 Å². The van der Waals surface area contributed by atoms with Crippen LogP contribution in [0.25, 0.3) is 0 Å². The highest BCUT2D eigenvalue weighted by Gasteiger charge is 2.46. The quantitative estimate of drug-likeness (QED) is 0.295. The van der Waals surface area contributed by atoms with E-state index in [0.29, 0.717) is 19.4 Å². The summed E-state index contributed by atoms with van der Waals surface area (Å²) < 4.78 is 28.5. The average Bonchev–Trinajstić information content (AvgIpc) is 3.02. The maximum Gasteiger partial charge on any atom is 0.305 e. The number of ether oxygens (including phenoxy) is 5. The third-order valence-corrected chi connectivity index (χ3v) is 5.11. The molecule has 0 aromatic carbocycles. The zero-order chi connectivity index (χ0) is 21.8. The molecule has 1 saturated heterocycles. The van der Waals surface area contributed by atoms with Crippen LogP contribution >= 0.6 is 0 Å². The molecule has 0 amide bonds. The zero-order valence-corrected chi connectivity index (χ0v) is 19.3. The van der Waals surface area contributed by atoms with Crippen LogP contribution in [0.3, 0.4) is 0 Å². The third-order valence-electron chi connectivity index (χ3n) is 5.11. The predicted octanol–water partition coefficient (Wildman–Crippen LogP) is 5.15. The van der Waals surface area contributed by atoms with Gasteiger partial charge in [-0.1, -0.05) is 38.8 Å². The molecule has 2 fully saturated rings. The van der Waals surface area contributed by atoms with Crippen LogP contribution in [0.15, 0.2) is 12.2 Å². The van der Waals surface area contributed by atoms with Crippen LogP contribution in [0.2, 0.25) is 0 Å². The molecule has 0 bridgehead atoms. The lowest BCUT2D eigenvalue weighted by Crippen LogP contribution is -2.33. The third kappa shape index (κ3) is 9.60. The summed E-state index contributed by atoms with van der Waals surface area (Å²) in [5, 5.41) is 0. The van der Waals surface area contributed by atoms with Crippen molar-refractivity contribution in [1.29, 1.82) is 0 Å². The normalized spacial score (nSPS) is 23.8. The lowest BCUT2D eigenvalue weighted by atomic mass is 9.94. The fourth-order valence-corrected chi connectivity index (χ4v) is 3.42. The van der Waals surface area contributed by atoms with Crippen LogP contribution in [0.1, 0.15) is 85.5 Å². The van der Waals surface area contributed by atoms with E-state index in [1.807, 2.05) is 26.0 Å². The Labute approximate surface area is 177 Å². The molecule has 2 aliphatic rings. The monoisotopic (exact) mass is 414 g/mol. The Balaban J connectivity index is 0.00000132. The summed E-state index contributed by atoms with van der Waals surface area (Å²) >= 11 is 0. The van der Waals surface area contributed by atoms with Crippen molar-refractivity contribution >= 4 is 5.97 Å². The predicted molar refractivity (Wildman–Crippen MR) is 114 cm³/mol. The number of hydrogen-bond donors (Lipinski definition) is 0. The smallest absolute Gasteiger partial charge is 0.305 e. The minimum absolute atomic E-state index is 0.0462. The Morgan fingerprint density at radius 3 is 2.38 bits per heavy atom. The van der Waals surface area contributed by atoms with Gasteiger partial charge in [0.15, 0.2) is 11.6 Å². The molecule has 2 unspecified atom stereocenters. The highest BCUT2D eigenvalue weighted by molar-refractivity contribution is 5.69. The number of carbonyl (C=O) groups excluding carboxylic acids is 1. The van der Waals surface area contributed by atoms with Crippen LogP contribution in [-0.4, -0.2) is 50.6 Å². The standard InChI is InChI=1S/C20H34O6.C3H8/c1-19(2,23-4)24-15-12-17-16(10-6-7-11-18(21)22-3)25-20(26-17)13-8-5-9-14-20;1-3-2/h6,10,16-17H,5,7-9,11-15H2,1-4H3;3H2,1-2H3/b10-6+;. The minimum atomic E-state index is -0.603. The van der Waals surface area contributed by atoms with Crippen LogP contribution in [0, 0.1) is 0 Å². The van der Waals surface area contributed by atoms with Gasteiger partial charge in [-0.3, -0.25) is 4.79 Å². The molecule has 1 saturated carbocycles. The lowest BCUT2D eigenvalue weighted by molar-refractivity contribution is -0.208. The first-order valence-electron chi connectivity index (χ1n) is 11.1. The van der Waals surface area contributed by atoms with Gasteiger partial charge in [-0.2, -0.15) is 0 Å². The number of allylic oxidation sites excluding steroid dienone is 1. The lowest BCUT2D eigenvalue weighted by Gasteiger charge is -2.32. The fourth-order valence-electron chi connectivity index (χ4n) is 3.42. The van der Waals surface area contributed by atoms with Gasteiger partial charge in [-0.05, 0) is 33.1 Å². The number of esters is 1. The molecule has 0 aromatic heterocycles. The SMILES string of the molecule is CCC.COC(=O)CC/C=C/C1OC2(CCCCC2)OC1CCOC(C)(C)OC. The van der Waals surface area contributed by atoms with E-state index in [2.05, 4.69) is 18.6 Å². The summed E-state index contributed by atoms with van der Waals surface area (Å²) in [4.78, 5) is 11.2. The van der Waals surface area contributed by atoms with Crippen molar-refractivity contribution in [2.45, 2.75) is 109 Å². The molecule has 2 rings (SSSR count). The Hall–Kier alpha value is -0.950. The van der Waals surface area contributed by atoms with Crippen molar-refractivity contribution in [1.82, 2.24) is 0 Å². The molecular formula is C23H42O6. The van der Waals surface area contributed by atoms with Gasteiger partial charge in [0.1, 0.15) is 6.10 Å². The van der Waals surface area contributed by atoms with Crippen LogP contribution in [-0.2, 0) is 28.5 Å². The second-order valence-electron chi connectivity index (χ2n) is 8.20. The summed E-state index contributed by atoms with van der Waals surface area (Å²) in [5.41, 5.74) is 0. The first-order chi connectivity index (χ1) is 13.8. The zero-order valence-electron chi connectivity index (χ0n) is 19.3. The average molecular weight is 415 g/mol. The van der Waals surface area contributed by atoms with E-state index in [1.54, 1.807) is 7.11 Å². The molecule has 0 N–H and O–H groups in total. The molecule has 6 heteroatoms. The molecular weight excluding hydrogens is 372 g/mol. The van der Waals surface area contributed by atoms with Gasteiger partial charge in [0.25, 0.3) is 0 Å². The van der Waals surface area contributed by atoms with Crippen molar-refractivity contribution in [2.75, 3.05) is 20.8 Å². The maximum atomic E-state index is 11.2. The molecule has 0 radical (unpaired) electrons. The molecule has 1 spiro atoms. The van der Waals surface area contributed by atoms with E-state index < -0.39 is 11.6 Å². The van der Waals surface area contributed by atoms with Crippen LogP contribution in [0.5, 0.6) is 0 Å². The molecule has 29 heavy (non-hydrogen) atoms. The van der Waals surface area contributed by atoms with Crippen molar-refractivity contribution in [3.8, 4) is 0 Å². The summed E-state index contributed by atoms with van der Waals surface area (Å²) in [5.74, 6) is -1.25. The van der Waals surface area contributed by atoms with Crippen molar-refractivity contribution < 1.29 is 28.5 Å². The molecule has 1 aliphatic heterocycles. The second-order valence-corrected chi connectivity index (χ2v) is 8.20. The largest absolute Gasteiger partial charge is 0.469 e. The molecule has 170 valence electrons. The Morgan fingerprint density at radius 2 is 1.79 bits per heavy atom. The number of hydrogen-bond acceptors (Lipinski definition) is 6. The summed E-state index contributed by atoms with van der Waals surface area (Å²) in [6.07, 6.45) is 12.3. The number of rotatable bonds is 9. The molecule has 0 aromatic rings. The topological polar surface area (TPSA) is 63.2 Å². The number of methoxy groups -OCH3 is 2. The Bertz CT molecular complexity index is 482.